The number of piperidine rings is 1. The average Bonchev–Trinajstić information content (AvgIpc) is 2.74. The lowest BCUT2D eigenvalue weighted by molar-refractivity contribution is -0.117. The molecule has 7 heteroatoms. The van der Waals surface area contributed by atoms with Crippen LogP contribution in [-0.2, 0) is 21.2 Å². The van der Waals surface area contributed by atoms with Crippen molar-refractivity contribution in [2.75, 3.05) is 25.0 Å². The molecule has 1 amide bonds. The highest BCUT2D eigenvalue weighted by atomic mass is 35.5. The van der Waals surface area contributed by atoms with E-state index < -0.39 is 10.0 Å². The summed E-state index contributed by atoms with van der Waals surface area (Å²) < 4.78 is 26.8. The maximum Gasteiger partial charge on any atom is 0.243 e. The van der Waals surface area contributed by atoms with Gasteiger partial charge in [-0.2, -0.15) is 4.31 Å². The first-order valence-electron chi connectivity index (χ1n) is 6.93. The van der Waals surface area contributed by atoms with Crippen LogP contribution in [0.15, 0.2) is 23.1 Å². The number of amides is 1. The standard InChI is InChI=1S/C14H17ClN2O3S/c1-16-13-3-2-12(8-10(13)9-14(16)18)21(19,20)17-6-4-11(15)5-7-17/h2-3,8,11H,4-7,9H2,1H3. The summed E-state index contributed by atoms with van der Waals surface area (Å²) in [5.41, 5.74) is 1.56. The van der Waals surface area contributed by atoms with Crippen LogP contribution in [0.2, 0.25) is 0 Å². The SMILES string of the molecule is CN1C(=O)Cc2cc(S(=O)(=O)N3CCC(Cl)CC3)ccc21. The Labute approximate surface area is 129 Å². The first kappa shape index (κ1) is 14.8. The molecule has 21 heavy (non-hydrogen) atoms. The molecule has 0 N–H and O–H groups in total. The van der Waals surface area contributed by atoms with Crippen molar-refractivity contribution in [3.63, 3.8) is 0 Å². The molecule has 5 nitrogen and oxygen atoms in total. The van der Waals surface area contributed by atoms with Gasteiger partial charge in [-0.05, 0) is 36.6 Å². The number of likely N-dealkylation sites (N-methyl/N-ethyl adjacent to an activating group) is 1. The summed E-state index contributed by atoms with van der Waals surface area (Å²) in [6.07, 6.45) is 1.61. The maximum absolute atomic E-state index is 12.6. The number of benzene rings is 1. The number of rotatable bonds is 2. The van der Waals surface area contributed by atoms with Crippen LogP contribution in [0.4, 0.5) is 5.69 Å². The number of carbonyl (C=O) groups is 1. The van der Waals surface area contributed by atoms with Gasteiger partial charge in [0, 0.05) is 31.2 Å². The van der Waals surface area contributed by atoms with Crippen molar-refractivity contribution in [1.29, 1.82) is 0 Å². The summed E-state index contributed by atoms with van der Waals surface area (Å²) in [7, 11) is -1.80. The van der Waals surface area contributed by atoms with Gasteiger partial charge in [-0.1, -0.05) is 0 Å². The van der Waals surface area contributed by atoms with Gasteiger partial charge < -0.3 is 4.90 Å². The molecule has 3 rings (SSSR count). The highest BCUT2D eigenvalue weighted by molar-refractivity contribution is 7.89. The van der Waals surface area contributed by atoms with Gasteiger partial charge in [0.25, 0.3) is 0 Å². The number of carbonyl (C=O) groups excluding carboxylic acids is 1. The lowest BCUT2D eigenvalue weighted by Crippen LogP contribution is -2.38. The minimum atomic E-state index is -3.50. The lowest BCUT2D eigenvalue weighted by atomic mass is 10.2. The molecule has 2 aliphatic heterocycles. The Bertz CT molecular complexity index is 681. The van der Waals surface area contributed by atoms with Gasteiger partial charge in [0.2, 0.25) is 15.9 Å². The average molecular weight is 329 g/mol. The molecule has 0 radical (unpaired) electrons. The van der Waals surface area contributed by atoms with Gasteiger partial charge >= 0.3 is 0 Å². The second kappa shape index (κ2) is 5.26. The van der Waals surface area contributed by atoms with Crippen LogP contribution in [0.25, 0.3) is 0 Å². The topological polar surface area (TPSA) is 57.7 Å². The molecule has 0 unspecified atom stereocenters. The molecule has 1 aromatic rings. The third-order valence-electron chi connectivity index (χ3n) is 4.15. The fourth-order valence-corrected chi connectivity index (χ4v) is 4.54. The lowest BCUT2D eigenvalue weighted by Gasteiger charge is -2.28. The molecule has 0 atom stereocenters. The monoisotopic (exact) mass is 328 g/mol. The molecule has 0 aliphatic carbocycles. The van der Waals surface area contributed by atoms with Gasteiger partial charge in [0.05, 0.1) is 11.3 Å². The zero-order chi connectivity index (χ0) is 15.2. The predicted octanol–water partition coefficient (Wildman–Crippen LogP) is 1.60. The number of alkyl halides is 1. The van der Waals surface area contributed by atoms with Crippen molar-refractivity contribution in [3.05, 3.63) is 23.8 Å². The van der Waals surface area contributed by atoms with Crippen LogP contribution < -0.4 is 4.90 Å². The number of anilines is 1. The molecule has 1 fully saturated rings. The zero-order valence-electron chi connectivity index (χ0n) is 11.8. The molecule has 0 aromatic heterocycles. The van der Waals surface area contributed by atoms with E-state index in [4.69, 9.17) is 11.6 Å². The van der Waals surface area contributed by atoms with E-state index >= 15 is 0 Å². The van der Waals surface area contributed by atoms with Crippen molar-refractivity contribution in [2.24, 2.45) is 0 Å². The smallest absolute Gasteiger partial charge is 0.243 e. The largest absolute Gasteiger partial charge is 0.315 e. The molecule has 0 bridgehead atoms. The van der Waals surface area contributed by atoms with E-state index in [1.54, 1.807) is 30.1 Å². The van der Waals surface area contributed by atoms with Crippen LogP contribution in [0.1, 0.15) is 18.4 Å². The van der Waals surface area contributed by atoms with E-state index in [1.807, 2.05) is 0 Å². The van der Waals surface area contributed by atoms with E-state index in [2.05, 4.69) is 0 Å². The van der Waals surface area contributed by atoms with Crippen molar-refractivity contribution in [2.45, 2.75) is 29.5 Å². The summed E-state index contributed by atoms with van der Waals surface area (Å²) >= 11 is 6.02. The van der Waals surface area contributed by atoms with Crippen LogP contribution in [-0.4, -0.2) is 44.1 Å². The van der Waals surface area contributed by atoms with Crippen LogP contribution in [0, 0.1) is 0 Å². The molecule has 2 aliphatic rings. The predicted molar refractivity (Wildman–Crippen MR) is 81.2 cm³/mol. The molecule has 114 valence electrons. The second-order valence-corrected chi connectivity index (χ2v) is 8.05. The fraction of sp³-hybridized carbons (Fsp3) is 0.500. The Morgan fingerprint density at radius 3 is 2.57 bits per heavy atom. The van der Waals surface area contributed by atoms with Crippen molar-refractivity contribution >= 4 is 33.2 Å². The van der Waals surface area contributed by atoms with Crippen LogP contribution >= 0.6 is 11.6 Å². The van der Waals surface area contributed by atoms with Crippen LogP contribution in [0.5, 0.6) is 0 Å². The van der Waals surface area contributed by atoms with Gasteiger partial charge in [0.15, 0.2) is 0 Å². The zero-order valence-corrected chi connectivity index (χ0v) is 13.3. The van der Waals surface area contributed by atoms with Crippen molar-refractivity contribution < 1.29 is 13.2 Å². The van der Waals surface area contributed by atoms with E-state index in [-0.39, 0.29) is 22.6 Å². The Balaban J connectivity index is 1.91. The molecule has 1 saturated heterocycles. The molecular weight excluding hydrogens is 312 g/mol. The van der Waals surface area contributed by atoms with Crippen molar-refractivity contribution in [1.82, 2.24) is 4.31 Å². The highest BCUT2D eigenvalue weighted by Crippen LogP contribution is 2.31. The minimum Gasteiger partial charge on any atom is -0.315 e. The quantitative estimate of drug-likeness (QED) is 0.775. The Morgan fingerprint density at radius 2 is 1.90 bits per heavy atom. The Hall–Kier alpha value is -1.11. The number of hydrogen-bond donors (Lipinski definition) is 0. The summed E-state index contributed by atoms with van der Waals surface area (Å²) in [5, 5.41) is 0.0581. The molecule has 1 aromatic carbocycles. The second-order valence-electron chi connectivity index (χ2n) is 5.50. The Morgan fingerprint density at radius 1 is 1.24 bits per heavy atom. The summed E-state index contributed by atoms with van der Waals surface area (Å²) in [6, 6.07) is 4.91. The normalized spacial score (nSPS) is 20.9. The highest BCUT2D eigenvalue weighted by Gasteiger charge is 2.31. The molecule has 2 heterocycles. The van der Waals surface area contributed by atoms with Gasteiger partial charge in [-0.15, -0.1) is 11.6 Å². The first-order chi connectivity index (χ1) is 9.89. The molecule has 0 spiro atoms. The number of fused-ring (bicyclic) bond motifs is 1. The van der Waals surface area contributed by atoms with Gasteiger partial charge in [-0.25, -0.2) is 8.42 Å². The van der Waals surface area contributed by atoms with E-state index in [0.29, 0.717) is 25.9 Å². The summed E-state index contributed by atoms with van der Waals surface area (Å²) in [5.74, 6) is -0.0116. The van der Waals surface area contributed by atoms with E-state index in [0.717, 1.165) is 11.3 Å². The van der Waals surface area contributed by atoms with Gasteiger partial charge in [0.1, 0.15) is 0 Å². The van der Waals surface area contributed by atoms with Crippen LogP contribution in [0.3, 0.4) is 0 Å². The minimum absolute atomic E-state index is 0.0116. The van der Waals surface area contributed by atoms with E-state index in [9.17, 15) is 13.2 Å². The van der Waals surface area contributed by atoms with E-state index in [1.165, 1.54) is 4.31 Å². The molecule has 0 saturated carbocycles. The number of sulfonamides is 1. The molecular formula is C14H17ClN2O3S. The fourth-order valence-electron chi connectivity index (χ4n) is 2.82. The first-order valence-corrected chi connectivity index (χ1v) is 8.81. The number of halogens is 1. The Kier molecular flexibility index (Phi) is 3.71. The summed E-state index contributed by atoms with van der Waals surface area (Å²) in [4.78, 5) is 13.5. The number of nitrogens with zero attached hydrogens (tertiary/aromatic N) is 2. The number of hydrogen-bond acceptors (Lipinski definition) is 3. The van der Waals surface area contributed by atoms with Crippen molar-refractivity contribution in [3.8, 4) is 0 Å². The third kappa shape index (κ3) is 2.56. The third-order valence-corrected chi connectivity index (χ3v) is 6.48. The maximum atomic E-state index is 12.6. The summed E-state index contributed by atoms with van der Waals surface area (Å²) in [6.45, 7) is 0.902. The van der Waals surface area contributed by atoms with Gasteiger partial charge in [-0.3, -0.25) is 4.79 Å².